The number of anilines is 1. The second-order valence-electron chi connectivity index (χ2n) is 6.44. The highest BCUT2D eigenvalue weighted by Crippen LogP contribution is 2.30. The second-order valence-corrected chi connectivity index (χ2v) is 8.34. The molecule has 0 bridgehead atoms. The van der Waals surface area contributed by atoms with Crippen LogP contribution in [0.3, 0.4) is 0 Å². The molecule has 1 saturated heterocycles. The van der Waals surface area contributed by atoms with E-state index in [1.165, 1.54) is 36.9 Å². The molecule has 2 aromatic rings. The minimum Gasteiger partial charge on any atom is -0.493 e. The van der Waals surface area contributed by atoms with Crippen LogP contribution in [0.1, 0.15) is 5.56 Å². The molecule has 0 aliphatic carbocycles. The van der Waals surface area contributed by atoms with Crippen LogP contribution in [0.4, 0.5) is 11.4 Å². The molecular formula is C19H22N4O7S. The maximum absolute atomic E-state index is 13.1. The number of benzene rings is 2. The molecule has 2 aromatic carbocycles. The maximum atomic E-state index is 13.1. The quantitative estimate of drug-likeness (QED) is 0.367. The number of non-ortho nitro benzene ring substituents is 1. The number of morpholine rings is 1. The number of nitrogens with one attached hydrogen (secondary N) is 1. The highest BCUT2D eigenvalue weighted by molar-refractivity contribution is 7.89. The Morgan fingerprint density at radius 1 is 1.13 bits per heavy atom. The summed E-state index contributed by atoms with van der Waals surface area (Å²) in [6.07, 6.45) is 1.47. The van der Waals surface area contributed by atoms with Gasteiger partial charge in [0, 0.05) is 25.2 Å². The Hall–Kier alpha value is -3.22. The lowest BCUT2D eigenvalue weighted by molar-refractivity contribution is -0.385. The predicted octanol–water partition coefficient (Wildman–Crippen LogP) is 2.08. The zero-order valence-corrected chi connectivity index (χ0v) is 17.8. The zero-order valence-electron chi connectivity index (χ0n) is 17.0. The molecule has 0 unspecified atom stereocenters. The third kappa shape index (κ3) is 5.10. The normalized spacial score (nSPS) is 15.0. The summed E-state index contributed by atoms with van der Waals surface area (Å²) < 4.78 is 43.1. The van der Waals surface area contributed by atoms with Gasteiger partial charge in [-0.3, -0.25) is 15.5 Å². The molecule has 0 radical (unpaired) electrons. The number of hydrogen-bond donors (Lipinski definition) is 1. The molecule has 1 N–H and O–H groups in total. The summed E-state index contributed by atoms with van der Waals surface area (Å²) in [6.45, 7) is 0.849. The number of rotatable bonds is 8. The molecule has 0 aromatic heterocycles. The van der Waals surface area contributed by atoms with Gasteiger partial charge in [-0.05, 0) is 29.8 Å². The van der Waals surface area contributed by atoms with E-state index in [0.717, 1.165) is 6.07 Å². The van der Waals surface area contributed by atoms with Crippen LogP contribution in [0.2, 0.25) is 0 Å². The van der Waals surface area contributed by atoms with Crippen molar-refractivity contribution in [3.8, 4) is 11.5 Å². The Morgan fingerprint density at radius 2 is 1.84 bits per heavy atom. The smallest absolute Gasteiger partial charge is 0.270 e. The summed E-state index contributed by atoms with van der Waals surface area (Å²) in [6, 6.07) is 8.71. The Morgan fingerprint density at radius 3 is 2.48 bits per heavy atom. The average Bonchev–Trinajstić information content (AvgIpc) is 2.79. The molecule has 0 amide bonds. The van der Waals surface area contributed by atoms with E-state index in [1.54, 1.807) is 18.2 Å². The van der Waals surface area contributed by atoms with E-state index >= 15 is 0 Å². The largest absolute Gasteiger partial charge is 0.493 e. The first kappa shape index (κ1) is 22.5. The third-order valence-corrected chi connectivity index (χ3v) is 6.51. The summed E-state index contributed by atoms with van der Waals surface area (Å²) in [7, 11) is -0.951. The third-order valence-electron chi connectivity index (χ3n) is 4.57. The van der Waals surface area contributed by atoms with Gasteiger partial charge in [-0.1, -0.05) is 0 Å². The fraction of sp³-hybridized carbons (Fsp3) is 0.316. The predicted molar refractivity (Wildman–Crippen MR) is 113 cm³/mol. The number of methoxy groups -OCH3 is 2. The van der Waals surface area contributed by atoms with Crippen LogP contribution < -0.4 is 14.9 Å². The van der Waals surface area contributed by atoms with Crippen molar-refractivity contribution in [1.29, 1.82) is 0 Å². The number of ether oxygens (including phenoxy) is 3. The van der Waals surface area contributed by atoms with Gasteiger partial charge in [-0.15, -0.1) is 0 Å². The van der Waals surface area contributed by atoms with Gasteiger partial charge in [0.15, 0.2) is 11.5 Å². The Bertz CT molecular complexity index is 1080. The monoisotopic (exact) mass is 450 g/mol. The summed E-state index contributed by atoms with van der Waals surface area (Å²) in [5.41, 5.74) is 3.13. The van der Waals surface area contributed by atoms with E-state index in [2.05, 4.69) is 10.5 Å². The lowest BCUT2D eigenvalue weighted by atomic mass is 10.2. The van der Waals surface area contributed by atoms with E-state index in [9.17, 15) is 18.5 Å². The topological polar surface area (TPSA) is 133 Å². The highest BCUT2D eigenvalue weighted by Gasteiger charge is 2.30. The number of nitro groups is 1. The van der Waals surface area contributed by atoms with Crippen LogP contribution in [-0.4, -0.2) is 64.4 Å². The molecule has 31 heavy (non-hydrogen) atoms. The number of hydrazone groups is 1. The Labute approximate surface area is 179 Å². The van der Waals surface area contributed by atoms with E-state index in [-0.39, 0.29) is 42.6 Å². The molecule has 3 rings (SSSR count). The first-order chi connectivity index (χ1) is 14.9. The van der Waals surface area contributed by atoms with Crippen molar-refractivity contribution < 1.29 is 27.6 Å². The van der Waals surface area contributed by atoms with Gasteiger partial charge >= 0.3 is 0 Å². The molecule has 0 spiro atoms. The van der Waals surface area contributed by atoms with Crippen LogP contribution >= 0.6 is 0 Å². The van der Waals surface area contributed by atoms with Crippen LogP contribution in [0.5, 0.6) is 11.5 Å². The molecule has 11 nitrogen and oxygen atoms in total. The zero-order chi connectivity index (χ0) is 22.4. The van der Waals surface area contributed by atoms with E-state index < -0.39 is 14.9 Å². The lowest BCUT2D eigenvalue weighted by Gasteiger charge is -2.26. The average molecular weight is 450 g/mol. The summed E-state index contributed by atoms with van der Waals surface area (Å²) >= 11 is 0. The Balaban J connectivity index is 1.90. The van der Waals surface area contributed by atoms with E-state index in [4.69, 9.17) is 14.2 Å². The molecule has 0 atom stereocenters. The van der Waals surface area contributed by atoms with Crippen LogP contribution in [0.25, 0.3) is 0 Å². The van der Waals surface area contributed by atoms with Gasteiger partial charge in [0.2, 0.25) is 10.0 Å². The molecule has 1 heterocycles. The summed E-state index contributed by atoms with van der Waals surface area (Å²) in [5, 5.41) is 15.3. The van der Waals surface area contributed by atoms with Crippen LogP contribution in [0.15, 0.2) is 46.4 Å². The van der Waals surface area contributed by atoms with Crippen molar-refractivity contribution in [2.24, 2.45) is 5.10 Å². The first-order valence-electron chi connectivity index (χ1n) is 9.24. The van der Waals surface area contributed by atoms with E-state index in [0.29, 0.717) is 17.1 Å². The molecule has 12 heteroatoms. The SMILES string of the molecule is COc1ccc(C=NNc2ccc([N+](=O)[O-])cc2S(=O)(=O)N2CCOCC2)cc1OC. The number of hydrogen-bond acceptors (Lipinski definition) is 9. The minimum atomic E-state index is -3.99. The molecular weight excluding hydrogens is 428 g/mol. The number of sulfonamides is 1. The van der Waals surface area contributed by atoms with Gasteiger partial charge in [0.05, 0.1) is 44.3 Å². The standard InChI is InChI=1S/C19H22N4O7S/c1-28-17-6-3-14(11-18(17)29-2)13-20-21-16-5-4-15(23(24)25)12-19(16)31(26,27)22-7-9-30-10-8-22/h3-6,11-13,21H,7-10H2,1-2H3. The molecule has 1 aliphatic heterocycles. The van der Waals surface area contributed by atoms with Crippen LogP contribution in [-0.2, 0) is 14.8 Å². The highest BCUT2D eigenvalue weighted by atomic mass is 32.2. The van der Waals surface area contributed by atoms with Crippen molar-refractivity contribution in [2.75, 3.05) is 45.9 Å². The van der Waals surface area contributed by atoms with Gasteiger partial charge < -0.3 is 14.2 Å². The maximum Gasteiger partial charge on any atom is 0.270 e. The molecule has 1 fully saturated rings. The number of nitro benzene ring substituents is 1. The van der Waals surface area contributed by atoms with Crippen molar-refractivity contribution in [3.05, 3.63) is 52.1 Å². The Kier molecular flexibility index (Phi) is 7.05. The van der Waals surface area contributed by atoms with Crippen molar-refractivity contribution in [3.63, 3.8) is 0 Å². The first-order valence-corrected chi connectivity index (χ1v) is 10.7. The van der Waals surface area contributed by atoms with E-state index in [1.807, 2.05) is 0 Å². The van der Waals surface area contributed by atoms with Gasteiger partial charge in [-0.2, -0.15) is 9.41 Å². The lowest BCUT2D eigenvalue weighted by Crippen LogP contribution is -2.40. The molecule has 166 valence electrons. The summed E-state index contributed by atoms with van der Waals surface area (Å²) in [4.78, 5) is 10.3. The van der Waals surface area contributed by atoms with Gasteiger partial charge in [0.1, 0.15) is 4.90 Å². The molecule has 1 aliphatic rings. The van der Waals surface area contributed by atoms with Crippen molar-refractivity contribution in [2.45, 2.75) is 4.90 Å². The fourth-order valence-electron chi connectivity index (χ4n) is 2.97. The van der Waals surface area contributed by atoms with Crippen molar-refractivity contribution in [1.82, 2.24) is 4.31 Å². The minimum absolute atomic E-state index is 0.119. The van der Waals surface area contributed by atoms with Gasteiger partial charge in [0.25, 0.3) is 5.69 Å². The van der Waals surface area contributed by atoms with Crippen LogP contribution in [0, 0.1) is 10.1 Å². The summed E-state index contributed by atoms with van der Waals surface area (Å²) in [5.74, 6) is 1.07. The number of nitrogens with zero attached hydrogens (tertiary/aromatic N) is 3. The molecule has 0 saturated carbocycles. The fourth-order valence-corrected chi connectivity index (χ4v) is 4.54. The second kappa shape index (κ2) is 9.73. The van der Waals surface area contributed by atoms with Crippen molar-refractivity contribution >= 4 is 27.6 Å². The van der Waals surface area contributed by atoms with Gasteiger partial charge in [-0.25, -0.2) is 8.42 Å².